The number of anilines is 1. The number of aromatic nitrogens is 1. The van der Waals surface area contributed by atoms with E-state index in [9.17, 15) is 9.18 Å². The fraction of sp³-hybridized carbons (Fsp3) is 0.684. The third kappa shape index (κ3) is 3.36. The summed E-state index contributed by atoms with van der Waals surface area (Å²) in [5.74, 6) is 1.20. The number of likely N-dealkylation sites (tertiary alicyclic amines) is 1. The van der Waals surface area contributed by atoms with Crippen molar-refractivity contribution < 1.29 is 9.18 Å². The maximum absolute atomic E-state index is 14.2. The molecule has 2 saturated heterocycles. The number of piperazine rings is 1. The van der Waals surface area contributed by atoms with E-state index in [0.29, 0.717) is 18.1 Å². The van der Waals surface area contributed by atoms with Gasteiger partial charge in [-0.1, -0.05) is 0 Å². The Balaban J connectivity index is 1.52. The molecule has 4 rings (SSSR count). The fourth-order valence-corrected chi connectivity index (χ4v) is 4.29. The van der Waals surface area contributed by atoms with Gasteiger partial charge in [-0.3, -0.25) is 9.69 Å². The highest BCUT2D eigenvalue weighted by molar-refractivity contribution is 5.76. The molecule has 0 unspecified atom stereocenters. The first kappa shape index (κ1) is 16.8. The largest absolute Gasteiger partial charge is 0.351 e. The van der Waals surface area contributed by atoms with Gasteiger partial charge >= 0.3 is 0 Å². The van der Waals surface area contributed by atoms with Crippen molar-refractivity contribution in [2.75, 3.05) is 44.7 Å². The van der Waals surface area contributed by atoms with Gasteiger partial charge in [0.05, 0.1) is 0 Å². The van der Waals surface area contributed by atoms with Crippen molar-refractivity contribution in [3.63, 3.8) is 0 Å². The van der Waals surface area contributed by atoms with Crippen LogP contribution < -0.4 is 4.90 Å². The fourth-order valence-electron chi connectivity index (χ4n) is 4.29. The summed E-state index contributed by atoms with van der Waals surface area (Å²) in [6.45, 7) is 4.12. The van der Waals surface area contributed by atoms with Crippen LogP contribution in [0.2, 0.25) is 0 Å². The number of nitrogens with zero attached hydrogens (tertiary/aromatic N) is 4. The summed E-state index contributed by atoms with van der Waals surface area (Å²) in [4.78, 5) is 23.3. The first-order valence-electron chi connectivity index (χ1n) is 9.42. The molecule has 1 aromatic rings. The van der Waals surface area contributed by atoms with Crippen LogP contribution in [0.4, 0.5) is 10.2 Å². The number of hydrogen-bond donors (Lipinski definition) is 0. The quantitative estimate of drug-likeness (QED) is 0.841. The second kappa shape index (κ2) is 6.56. The minimum absolute atomic E-state index is 0.0732. The molecule has 25 heavy (non-hydrogen) atoms. The van der Waals surface area contributed by atoms with E-state index in [2.05, 4.69) is 26.7 Å². The average Bonchev–Trinajstić information content (AvgIpc) is 3.44. The lowest BCUT2D eigenvalue weighted by Gasteiger charge is -2.49. The summed E-state index contributed by atoms with van der Waals surface area (Å²) in [7, 11) is 2.15. The number of halogens is 1. The number of likely N-dealkylation sites (N-methyl/N-ethyl adjacent to an activating group) is 1. The number of carbonyl (C=O) groups is 1. The lowest BCUT2D eigenvalue weighted by molar-refractivity contribution is -0.130. The van der Waals surface area contributed by atoms with E-state index in [1.807, 2.05) is 0 Å². The van der Waals surface area contributed by atoms with Crippen LogP contribution in [0.5, 0.6) is 0 Å². The summed E-state index contributed by atoms with van der Waals surface area (Å²) in [5.41, 5.74) is -0.0732. The monoisotopic (exact) mass is 346 g/mol. The van der Waals surface area contributed by atoms with Crippen molar-refractivity contribution in [3.05, 3.63) is 24.1 Å². The number of carbonyl (C=O) groups excluding carboxylic acids is 1. The Morgan fingerprint density at radius 1 is 1.28 bits per heavy atom. The summed E-state index contributed by atoms with van der Waals surface area (Å²) >= 11 is 0. The topological polar surface area (TPSA) is 39.7 Å². The molecule has 6 heteroatoms. The van der Waals surface area contributed by atoms with Crippen molar-refractivity contribution in [3.8, 4) is 0 Å². The first-order valence-corrected chi connectivity index (χ1v) is 9.42. The Kier molecular flexibility index (Phi) is 4.40. The zero-order valence-corrected chi connectivity index (χ0v) is 15.0. The second-order valence-electron chi connectivity index (χ2n) is 7.91. The van der Waals surface area contributed by atoms with Crippen LogP contribution in [-0.4, -0.2) is 66.0 Å². The van der Waals surface area contributed by atoms with Crippen LogP contribution in [0.1, 0.15) is 32.1 Å². The molecule has 1 saturated carbocycles. The highest BCUT2D eigenvalue weighted by Crippen LogP contribution is 2.36. The van der Waals surface area contributed by atoms with Gasteiger partial charge in [0.15, 0.2) is 11.6 Å². The molecule has 0 bridgehead atoms. The zero-order chi connectivity index (χ0) is 17.4. The van der Waals surface area contributed by atoms with Crippen molar-refractivity contribution in [1.82, 2.24) is 14.8 Å². The van der Waals surface area contributed by atoms with Crippen LogP contribution in [0.25, 0.3) is 0 Å². The van der Waals surface area contributed by atoms with Crippen LogP contribution in [0.3, 0.4) is 0 Å². The third-order valence-electron chi connectivity index (χ3n) is 6.22. The lowest BCUT2D eigenvalue weighted by Crippen LogP contribution is -2.61. The van der Waals surface area contributed by atoms with Crippen LogP contribution in [0, 0.1) is 11.7 Å². The van der Waals surface area contributed by atoms with E-state index in [-0.39, 0.29) is 11.4 Å². The molecule has 1 amide bonds. The predicted molar refractivity (Wildman–Crippen MR) is 94.9 cm³/mol. The van der Waals surface area contributed by atoms with E-state index >= 15 is 0 Å². The first-order chi connectivity index (χ1) is 12.1. The van der Waals surface area contributed by atoms with Crippen molar-refractivity contribution in [2.24, 2.45) is 5.92 Å². The zero-order valence-electron chi connectivity index (χ0n) is 15.0. The Morgan fingerprint density at radius 3 is 2.88 bits per heavy atom. The maximum atomic E-state index is 14.2. The number of hydrogen-bond acceptors (Lipinski definition) is 4. The molecule has 3 fully saturated rings. The summed E-state index contributed by atoms with van der Waals surface area (Å²) in [6, 6.07) is 3.10. The molecule has 0 aromatic carbocycles. The molecule has 0 radical (unpaired) electrons. The van der Waals surface area contributed by atoms with Gasteiger partial charge < -0.3 is 9.80 Å². The second-order valence-corrected chi connectivity index (χ2v) is 7.91. The number of rotatable bonds is 3. The van der Waals surface area contributed by atoms with E-state index in [1.165, 1.54) is 18.9 Å². The van der Waals surface area contributed by atoms with Gasteiger partial charge in [-0.2, -0.15) is 0 Å². The Hall–Kier alpha value is -1.69. The molecule has 5 nitrogen and oxygen atoms in total. The smallest absolute Gasteiger partial charge is 0.222 e. The van der Waals surface area contributed by atoms with E-state index in [4.69, 9.17) is 0 Å². The van der Waals surface area contributed by atoms with Gasteiger partial charge in [-0.15, -0.1) is 0 Å². The number of amides is 1. The molecule has 1 atom stereocenters. The third-order valence-corrected chi connectivity index (χ3v) is 6.22. The van der Waals surface area contributed by atoms with Gasteiger partial charge in [0.1, 0.15) is 0 Å². The van der Waals surface area contributed by atoms with Crippen LogP contribution in [0.15, 0.2) is 18.3 Å². The molecule has 3 heterocycles. The van der Waals surface area contributed by atoms with E-state index < -0.39 is 0 Å². The van der Waals surface area contributed by atoms with Crippen molar-refractivity contribution in [2.45, 2.75) is 37.6 Å². The normalized spacial score (nSPS) is 28.5. The molecule has 3 aliphatic rings. The highest BCUT2D eigenvalue weighted by Gasteiger charge is 2.43. The Morgan fingerprint density at radius 2 is 2.12 bits per heavy atom. The Bertz CT molecular complexity index is 650. The molecule has 0 N–H and O–H groups in total. The molecule has 1 aromatic heterocycles. The van der Waals surface area contributed by atoms with Crippen LogP contribution >= 0.6 is 0 Å². The van der Waals surface area contributed by atoms with E-state index in [1.54, 1.807) is 12.3 Å². The molecule has 136 valence electrons. The summed E-state index contributed by atoms with van der Waals surface area (Å²) < 4.78 is 14.2. The predicted octanol–water partition coefficient (Wildman–Crippen LogP) is 2.13. The Labute approximate surface area is 148 Å². The average molecular weight is 346 g/mol. The van der Waals surface area contributed by atoms with E-state index in [0.717, 1.165) is 51.5 Å². The molecular weight excluding hydrogens is 319 g/mol. The summed E-state index contributed by atoms with van der Waals surface area (Å²) in [5, 5.41) is 0. The standard InChI is InChI=1S/C19H27FN4O/c1-22-11-12-24(18-16(20)3-2-9-21-18)14-19(22)7-6-17(25)23(10-8-19)13-15-4-5-15/h2-3,9,15H,4-8,10-14H2,1H3/t19-/m1/s1. The maximum Gasteiger partial charge on any atom is 0.222 e. The minimum atomic E-state index is -0.262. The molecule has 2 aliphatic heterocycles. The van der Waals surface area contributed by atoms with Crippen LogP contribution in [-0.2, 0) is 4.79 Å². The highest BCUT2D eigenvalue weighted by atomic mass is 19.1. The SMILES string of the molecule is CN1CCN(c2ncccc2F)C[C@]12CCC(=O)N(CC1CC1)CC2. The van der Waals surface area contributed by atoms with Crippen molar-refractivity contribution >= 4 is 11.7 Å². The van der Waals surface area contributed by atoms with Gasteiger partial charge in [-0.25, -0.2) is 9.37 Å². The van der Waals surface area contributed by atoms with Crippen molar-refractivity contribution in [1.29, 1.82) is 0 Å². The molecular formula is C19H27FN4O. The molecule has 1 aliphatic carbocycles. The lowest BCUT2D eigenvalue weighted by atomic mass is 9.86. The van der Waals surface area contributed by atoms with Gasteiger partial charge in [-0.05, 0) is 50.8 Å². The summed E-state index contributed by atoms with van der Waals surface area (Å²) in [6.07, 6.45) is 6.57. The number of pyridine rings is 1. The van der Waals surface area contributed by atoms with Gasteiger partial charge in [0.25, 0.3) is 0 Å². The minimum Gasteiger partial charge on any atom is -0.351 e. The molecule has 1 spiro atoms. The van der Waals surface area contributed by atoms with Gasteiger partial charge in [0.2, 0.25) is 5.91 Å². The van der Waals surface area contributed by atoms with Gasteiger partial charge in [0, 0.05) is 50.9 Å².